The molecule has 1 amide bonds. The molecule has 0 aromatic heterocycles. The van der Waals surface area contributed by atoms with Crippen LogP contribution in [0.15, 0.2) is 48.0 Å². The van der Waals surface area contributed by atoms with Crippen molar-refractivity contribution in [1.82, 2.24) is 5.32 Å². The first-order valence-corrected chi connectivity index (χ1v) is 7.65. The van der Waals surface area contributed by atoms with Crippen LogP contribution >= 0.6 is 0 Å². The highest BCUT2D eigenvalue weighted by Gasteiger charge is 2.19. The minimum atomic E-state index is -0.453. The van der Waals surface area contributed by atoms with E-state index in [2.05, 4.69) is 5.32 Å². The molecule has 0 bridgehead atoms. The van der Waals surface area contributed by atoms with Gasteiger partial charge in [0.15, 0.2) is 11.6 Å². The molecule has 3 rings (SSSR count). The first-order chi connectivity index (χ1) is 11.6. The van der Waals surface area contributed by atoms with Gasteiger partial charge in [0.05, 0.1) is 18.7 Å². The standard InChI is InChI=1S/C19H18FNO3/c1-12(13-7-8-18(23-2)16(20)10-13)21-19(22)15-9-14-5-3-4-6-17(14)24-11-15/h3-10,12H,11H2,1-2H3,(H,21,22). The van der Waals surface area contributed by atoms with Crippen molar-refractivity contribution in [1.29, 1.82) is 0 Å². The SMILES string of the molecule is COc1ccc(C(C)NC(=O)C2=Cc3ccccc3OC2)cc1F. The first kappa shape index (κ1) is 16.1. The average molecular weight is 327 g/mol. The van der Waals surface area contributed by atoms with E-state index in [0.717, 1.165) is 11.3 Å². The molecule has 5 heteroatoms. The monoisotopic (exact) mass is 327 g/mol. The number of hydrogen-bond acceptors (Lipinski definition) is 3. The smallest absolute Gasteiger partial charge is 0.251 e. The van der Waals surface area contributed by atoms with Gasteiger partial charge in [0.25, 0.3) is 5.91 Å². The molecule has 0 spiro atoms. The molecular weight excluding hydrogens is 309 g/mol. The summed E-state index contributed by atoms with van der Waals surface area (Å²) in [6.45, 7) is 2.02. The largest absolute Gasteiger partial charge is 0.494 e. The van der Waals surface area contributed by atoms with E-state index in [1.807, 2.05) is 30.3 Å². The van der Waals surface area contributed by atoms with E-state index in [0.29, 0.717) is 11.1 Å². The zero-order valence-electron chi connectivity index (χ0n) is 13.5. The zero-order chi connectivity index (χ0) is 17.1. The van der Waals surface area contributed by atoms with Gasteiger partial charge in [0, 0.05) is 5.56 Å². The van der Waals surface area contributed by atoms with Gasteiger partial charge in [0.2, 0.25) is 0 Å². The molecule has 0 aliphatic carbocycles. The number of hydrogen-bond donors (Lipinski definition) is 1. The van der Waals surface area contributed by atoms with Crippen molar-refractivity contribution in [2.24, 2.45) is 0 Å². The van der Waals surface area contributed by atoms with E-state index >= 15 is 0 Å². The summed E-state index contributed by atoms with van der Waals surface area (Å²) in [5, 5.41) is 2.87. The Bertz CT molecular complexity index is 801. The fourth-order valence-corrected chi connectivity index (χ4v) is 2.57. The van der Waals surface area contributed by atoms with Gasteiger partial charge in [0.1, 0.15) is 12.4 Å². The predicted octanol–water partition coefficient (Wildman–Crippen LogP) is 3.49. The Morgan fingerprint density at radius 3 is 2.83 bits per heavy atom. The van der Waals surface area contributed by atoms with Crippen molar-refractivity contribution in [3.63, 3.8) is 0 Å². The fraction of sp³-hybridized carbons (Fsp3) is 0.211. The number of halogens is 1. The lowest BCUT2D eigenvalue weighted by Gasteiger charge is -2.20. The van der Waals surface area contributed by atoms with Crippen LogP contribution in [0.5, 0.6) is 11.5 Å². The third-order valence-corrected chi connectivity index (χ3v) is 3.95. The third kappa shape index (κ3) is 3.25. The summed E-state index contributed by atoms with van der Waals surface area (Å²) in [6.07, 6.45) is 1.81. The normalized spacial score (nSPS) is 14.0. The van der Waals surface area contributed by atoms with E-state index in [1.54, 1.807) is 19.1 Å². The predicted molar refractivity (Wildman–Crippen MR) is 89.4 cm³/mol. The molecular formula is C19H18FNO3. The summed E-state index contributed by atoms with van der Waals surface area (Å²) >= 11 is 0. The second-order valence-electron chi connectivity index (χ2n) is 5.59. The van der Waals surface area contributed by atoms with Gasteiger partial charge in [-0.05, 0) is 36.8 Å². The van der Waals surface area contributed by atoms with Gasteiger partial charge in [-0.15, -0.1) is 0 Å². The van der Waals surface area contributed by atoms with E-state index in [4.69, 9.17) is 9.47 Å². The minimum absolute atomic E-state index is 0.178. The van der Waals surface area contributed by atoms with Crippen molar-refractivity contribution in [2.45, 2.75) is 13.0 Å². The fourth-order valence-electron chi connectivity index (χ4n) is 2.57. The number of rotatable bonds is 4. The van der Waals surface area contributed by atoms with Crippen molar-refractivity contribution >= 4 is 12.0 Å². The number of para-hydroxylation sites is 1. The number of methoxy groups -OCH3 is 1. The number of fused-ring (bicyclic) bond motifs is 1. The molecule has 0 radical (unpaired) electrons. The Labute approximate surface area is 139 Å². The third-order valence-electron chi connectivity index (χ3n) is 3.95. The van der Waals surface area contributed by atoms with Crippen LogP contribution in [0.2, 0.25) is 0 Å². The first-order valence-electron chi connectivity index (χ1n) is 7.65. The van der Waals surface area contributed by atoms with Crippen LogP contribution in [-0.2, 0) is 4.79 Å². The quantitative estimate of drug-likeness (QED) is 0.935. The van der Waals surface area contributed by atoms with Gasteiger partial charge in [-0.3, -0.25) is 4.79 Å². The van der Waals surface area contributed by atoms with E-state index in [1.165, 1.54) is 13.2 Å². The molecule has 4 nitrogen and oxygen atoms in total. The molecule has 0 fully saturated rings. The van der Waals surface area contributed by atoms with Crippen molar-refractivity contribution < 1.29 is 18.7 Å². The molecule has 24 heavy (non-hydrogen) atoms. The highest BCUT2D eigenvalue weighted by Crippen LogP contribution is 2.26. The maximum absolute atomic E-state index is 13.8. The molecule has 1 heterocycles. The summed E-state index contributed by atoms with van der Waals surface area (Å²) in [5.41, 5.74) is 2.07. The van der Waals surface area contributed by atoms with Gasteiger partial charge in [-0.2, -0.15) is 0 Å². The lowest BCUT2D eigenvalue weighted by Crippen LogP contribution is -2.30. The molecule has 1 unspecified atom stereocenters. The Morgan fingerprint density at radius 2 is 2.08 bits per heavy atom. The second kappa shape index (κ2) is 6.74. The Hall–Kier alpha value is -2.82. The molecule has 1 aliphatic rings. The molecule has 1 atom stereocenters. The lowest BCUT2D eigenvalue weighted by molar-refractivity contribution is -0.118. The maximum Gasteiger partial charge on any atom is 0.251 e. The van der Waals surface area contributed by atoms with Gasteiger partial charge in [-0.25, -0.2) is 4.39 Å². The van der Waals surface area contributed by atoms with Crippen molar-refractivity contribution in [3.05, 3.63) is 65.0 Å². The molecule has 1 N–H and O–H groups in total. The lowest BCUT2D eigenvalue weighted by atomic mass is 10.0. The number of benzene rings is 2. The van der Waals surface area contributed by atoms with Gasteiger partial charge in [-0.1, -0.05) is 24.3 Å². The Morgan fingerprint density at radius 1 is 1.29 bits per heavy atom. The van der Waals surface area contributed by atoms with Crippen LogP contribution in [0.25, 0.3) is 6.08 Å². The van der Waals surface area contributed by atoms with Gasteiger partial charge >= 0.3 is 0 Å². The van der Waals surface area contributed by atoms with E-state index < -0.39 is 5.82 Å². The number of nitrogens with one attached hydrogen (secondary N) is 1. The number of amides is 1. The Kier molecular flexibility index (Phi) is 4.51. The van der Waals surface area contributed by atoms with Crippen LogP contribution in [-0.4, -0.2) is 19.6 Å². The summed E-state index contributed by atoms with van der Waals surface area (Å²) < 4.78 is 24.3. The zero-order valence-corrected chi connectivity index (χ0v) is 13.5. The summed E-state index contributed by atoms with van der Waals surface area (Å²) in [4.78, 5) is 12.4. The molecule has 2 aromatic rings. The van der Waals surface area contributed by atoms with Crippen LogP contribution < -0.4 is 14.8 Å². The average Bonchev–Trinajstić information content (AvgIpc) is 2.61. The van der Waals surface area contributed by atoms with Crippen LogP contribution in [0, 0.1) is 5.82 Å². The molecule has 2 aromatic carbocycles. The summed E-state index contributed by atoms with van der Waals surface area (Å²) in [5.74, 6) is 0.259. The van der Waals surface area contributed by atoms with Crippen molar-refractivity contribution in [3.8, 4) is 11.5 Å². The minimum Gasteiger partial charge on any atom is -0.494 e. The van der Waals surface area contributed by atoms with Crippen molar-refractivity contribution in [2.75, 3.05) is 13.7 Å². The summed E-state index contributed by atoms with van der Waals surface area (Å²) in [7, 11) is 1.41. The molecule has 1 aliphatic heterocycles. The molecule has 124 valence electrons. The van der Waals surface area contributed by atoms with E-state index in [-0.39, 0.29) is 24.3 Å². The highest BCUT2D eigenvalue weighted by atomic mass is 19.1. The second-order valence-corrected chi connectivity index (χ2v) is 5.59. The van der Waals surface area contributed by atoms with Crippen LogP contribution in [0.1, 0.15) is 24.1 Å². The molecule has 0 saturated carbocycles. The van der Waals surface area contributed by atoms with E-state index in [9.17, 15) is 9.18 Å². The maximum atomic E-state index is 13.8. The summed E-state index contributed by atoms with van der Waals surface area (Å²) in [6, 6.07) is 11.8. The number of carbonyl (C=O) groups excluding carboxylic acids is 1. The highest BCUT2D eigenvalue weighted by molar-refractivity contribution is 5.99. The topological polar surface area (TPSA) is 47.6 Å². The Balaban J connectivity index is 1.73. The molecule has 0 saturated heterocycles. The van der Waals surface area contributed by atoms with Crippen LogP contribution in [0.4, 0.5) is 4.39 Å². The van der Waals surface area contributed by atoms with Gasteiger partial charge < -0.3 is 14.8 Å². The number of ether oxygens (including phenoxy) is 2. The number of carbonyl (C=O) groups is 1. The van der Waals surface area contributed by atoms with Crippen LogP contribution in [0.3, 0.4) is 0 Å².